The van der Waals surface area contributed by atoms with Crippen molar-refractivity contribution in [2.45, 2.75) is 52.5 Å². The van der Waals surface area contributed by atoms with Crippen molar-refractivity contribution in [1.29, 1.82) is 0 Å². The lowest BCUT2D eigenvalue weighted by Crippen LogP contribution is -2.48. The minimum Gasteiger partial charge on any atom is -0.345 e. The summed E-state index contributed by atoms with van der Waals surface area (Å²) >= 11 is 0. The Morgan fingerprint density at radius 1 is 1.08 bits per heavy atom. The van der Waals surface area contributed by atoms with E-state index in [2.05, 4.69) is 31.1 Å². The number of carbonyl (C=O) groups excluding carboxylic acids is 2. The second-order valence-corrected chi connectivity index (χ2v) is 6.83. The van der Waals surface area contributed by atoms with E-state index in [1.165, 1.54) is 13.5 Å². The van der Waals surface area contributed by atoms with E-state index in [1.807, 2.05) is 44.2 Å². The molecule has 2 rings (SSSR count). The molecule has 1 aliphatic rings. The van der Waals surface area contributed by atoms with Gasteiger partial charge in [-0.3, -0.25) is 9.59 Å². The number of amides is 1. The maximum Gasteiger partial charge on any atom is 0.223 e. The quantitative estimate of drug-likeness (QED) is 0.610. The molecule has 4 heteroatoms. The highest BCUT2D eigenvalue weighted by molar-refractivity contribution is 6.02. The van der Waals surface area contributed by atoms with Gasteiger partial charge in [0.1, 0.15) is 0 Å². The second kappa shape index (κ2) is 13.3. The molecule has 146 valence electrons. The van der Waals surface area contributed by atoms with Gasteiger partial charge >= 0.3 is 0 Å². The summed E-state index contributed by atoms with van der Waals surface area (Å²) in [5.74, 6) is 0.602. The van der Waals surface area contributed by atoms with Crippen LogP contribution >= 0.6 is 0 Å². The fraction of sp³-hybridized carbons (Fsp3) is 0.545. The molecule has 0 aromatic heterocycles. The van der Waals surface area contributed by atoms with Crippen LogP contribution in [0.1, 0.15) is 56.8 Å². The predicted molar refractivity (Wildman–Crippen MR) is 110 cm³/mol. The number of carbonyl (C=O) groups is 2. The van der Waals surface area contributed by atoms with Crippen molar-refractivity contribution in [1.82, 2.24) is 5.32 Å². The second-order valence-electron chi connectivity index (χ2n) is 6.83. The molecule has 0 heterocycles. The smallest absolute Gasteiger partial charge is 0.223 e. The van der Waals surface area contributed by atoms with E-state index < -0.39 is 6.04 Å². The molecule has 3 N–H and O–H groups in total. The Balaban J connectivity index is 0.00000146. The van der Waals surface area contributed by atoms with Crippen LogP contribution in [-0.2, 0) is 4.79 Å². The number of hydrogen-bond donors (Lipinski definition) is 2. The standard InChI is InChI=1S/C19H27NO2.C2H4.CH5N/c1-13(2)17(18(21)15-10-5-4-6-11-15)20-19(22)16-12-8-7-9-14(16)3;2*1-2/h4-6,10-11,13-14,16-17H,7-9,12H2,1-3H3,(H,20,22);1-2H2;2H2,1H3/t14-,16?,17?;;/m1../s1. The van der Waals surface area contributed by atoms with Gasteiger partial charge in [-0.25, -0.2) is 0 Å². The molecule has 0 spiro atoms. The minimum atomic E-state index is -0.441. The first-order valence-corrected chi connectivity index (χ1v) is 9.48. The number of hydrogen-bond acceptors (Lipinski definition) is 3. The minimum absolute atomic E-state index is 0.00686. The van der Waals surface area contributed by atoms with Gasteiger partial charge < -0.3 is 11.1 Å². The third-order valence-electron chi connectivity index (χ3n) is 4.75. The molecule has 26 heavy (non-hydrogen) atoms. The molecule has 4 nitrogen and oxygen atoms in total. The third-order valence-corrected chi connectivity index (χ3v) is 4.75. The molecule has 2 unspecified atom stereocenters. The van der Waals surface area contributed by atoms with E-state index >= 15 is 0 Å². The van der Waals surface area contributed by atoms with Gasteiger partial charge in [0.25, 0.3) is 0 Å². The zero-order valence-electron chi connectivity index (χ0n) is 16.8. The van der Waals surface area contributed by atoms with Crippen molar-refractivity contribution in [2.75, 3.05) is 7.05 Å². The SMILES string of the molecule is C=C.CC(C)C(NC(=O)C1CCCC[C@H]1C)C(=O)c1ccccc1.CN. The Kier molecular flexibility index (Phi) is 12.3. The maximum atomic E-state index is 12.7. The van der Waals surface area contributed by atoms with Crippen LogP contribution in [0.4, 0.5) is 0 Å². The van der Waals surface area contributed by atoms with Crippen LogP contribution in [0.25, 0.3) is 0 Å². The highest BCUT2D eigenvalue weighted by atomic mass is 16.2. The van der Waals surface area contributed by atoms with Crippen molar-refractivity contribution in [3.63, 3.8) is 0 Å². The molecule has 0 bridgehead atoms. The van der Waals surface area contributed by atoms with Crippen molar-refractivity contribution in [2.24, 2.45) is 23.5 Å². The summed E-state index contributed by atoms with van der Waals surface area (Å²) in [6.45, 7) is 12.1. The van der Waals surface area contributed by atoms with E-state index in [9.17, 15) is 9.59 Å². The van der Waals surface area contributed by atoms with E-state index in [4.69, 9.17) is 0 Å². The lowest BCUT2D eigenvalue weighted by atomic mass is 9.79. The molecule has 1 aromatic rings. The molecule has 3 atom stereocenters. The third kappa shape index (κ3) is 7.12. The first kappa shape index (κ1) is 24.1. The van der Waals surface area contributed by atoms with Gasteiger partial charge in [-0.2, -0.15) is 0 Å². The lowest BCUT2D eigenvalue weighted by Gasteiger charge is -2.30. The zero-order valence-corrected chi connectivity index (χ0v) is 16.8. The Morgan fingerprint density at radius 2 is 1.62 bits per heavy atom. The first-order chi connectivity index (χ1) is 12.5. The summed E-state index contributed by atoms with van der Waals surface area (Å²) in [4.78, 5) is 25.3. The molecular weight excluding hydrogens is 324 g/mol. The van der Waals surface area contributed by atoms with Crippen molar-refractivity contribution >= 4 is 11.7 Å². The van der Waals surface area contributed by atoms with Gasteiger partial charge in [0.15, 0.2) is 5.78 Å². The highest BCUT2D eigenvalue weighted by Crippen LogP contribution is 2.30. The van der Waals surface area contributed by atoms with Crippen LogP contribution in [0.5, 0.6) is 0 Å². The van der Waals surface area contributed by atoms with Gasteiger partial charge in [-0.15, -0.1) is 13.2 Å². The van der Waals surface area contributed by atoms with Crippen molar-refractivity contribution < 1.29 is 9.59 Å². The number of rotatable bonds is 5. The van der Waals surface area contributed by atoms with Crippen LogP contribution < -0.4 is 11.1 Å². The van der Waals surface area contributed by atoms with Gasteiger partial charge in [0.2, 0.25) is 5.91 Å². The average Bonchev–Trinajstić information content (AvgIpc) is 2.69. The van der Waals surface area contributed by atoms with Crippen molar-refractivity contribution in [3.05, 3.63) is 49.1 Å². The van der Waals surface area contributed by atoms with Crippen LogP contribution in [0.3, 0.4) is 0 Å². The molecule has 0 saturated heterocycles. The Morgan fingerprint density at radius 3 is 2.12 bits per heavy atom. The van der Waals surface area contributed by atoms with E-state index in [0.29, 0.717) is 11.5 Å². The average molecular weight is 361 g/mol. The fourth-order valence-corrected chi connectivity index (χ4v) is 3.28. The molecule has 1 fully saturated rings. The predicted octanol–water partition coefficient (Wildman–Crippen LogP) is 4.21. The molecule has 1 amide bonds. The summed E-state index contributed by atoms with van der Waals surface area (Å²) in [5, 5.41) is 3.03. The fourth-order valence-electron chi connectivity index (χ4n) is 3.28. The summed E-state index contributed by atoms with van der Waals surface area (Å²) in [5.41, 5.74) is 5.16. The number of nitrogens with two attached hydrogens (primary N) is 1. The van der Waals surface area contributed by atoms with Crippen LogP contribution in [0, 0.1) is 17.8 Å². The van der Waals surface area contributed by atoms with Gasteiger partial charge in [0, 0.05) is 11.5 Å². The molecule has 1 aromatic carbocycles. The molecule has 0 radical (unpaired) electrons. The largest absolute Gasteiger partial charge is 0.345 e. The van der Waals surface area contributed by atoms with Crippen molar-refractivity contribution in [3.8, 4) is 0 Å². The number of nitrogens with one attached hydrogen (secondary N) is 1. The number of ketones is 1. The number of benzene rings is 1. The molecule has 1 saturated carbocycles. The topological polar surface area (TPSA) is 72.2 Å². The Hall–Kier alpha value is -1.94. The van der Waals surface area contributed by atoms with Gasteiger partial charge in [-0.05, 0) is 31.7 Å². The van der Waals surface area contributed by atoms with Crippen LogP contribution in [0.2, 0.25) is 0 Å². The first-order valence-electron chi connectivity index (χ1n) is 9.48. The Labute approximate surface area is 159 Å². The van der Waals surface area contributed by atoms with Crippen LogP contribution in [-0.4, -0.2) is 24.8 Å². The number of Topliss-reactive ketones (excluding diaryl/α,β-unsaturated/α-hetero) is 1. The highest BCUT2D eigenvalue weighted by Gasteiger charge is 2.32. The monoisotopic (exact) mass is 360 g/mol. The zero-order chi connectivity index (χ0) is 20.1. The summed E-state index contributed by atoms with van der Waals surface area (Å²) < 4.78 is 0. The van der Waals surface area contributed by atoms with Gasteiger partial charge in [0.05, 0.1) is 6.04 Å². The van der Waals surface area contributed by atoms with Gasteiger partial charge in [-0.1, -0.05) is 63.9 Å². The summed E-state index contributed by atoms with van der Waals surface area (Å²) in [6, 6.07) is 8.79. The van der Waals surface area contributed by atoms with E-state index in [-0.39, 0.29) is 23.5 Å². The molecule has 0 aliphatic heterocycles. The van der Waals surface area contributed by atoms with E-state index in [0.717, 1.165) is 19.3 Å². The maximum absolute atomic E-state index is 12.7. The summed E-state index contributed by atoms with van der Waals surface area (Å²) in [7, 11) is 1.50. The Bertz CT molecular complexity index is 528. The molecule has 1 aliphatic carbocycles. The summed E-state index contributed by atoms with van der Waals surface area (Å²) in [6.07, 6.45) is 4.37. The normalized spacial score (nSPS) is 19.9. The van der Waals surface area contributed by atoms with E-state index in [1.54, 1.807) is 0 Å². The molecular formula is C22H36N2O2. The van der Waals surface area contributed by atoms with Crippen LogP contribution in [0.15, 0.2) is 43.5 Å². The lowest BCUT2D eigenvalue weighted by molar-refractivity contribution is -0.128.